The van der Waals surface area contributed by atoms with E-state index in [-0.39, 0.29) is 45.1 Å². The molecule has 308 valence electrons. The molecule has 6 amide bonds. The third kappa shape index (κ3) is 25.0. The molecule has 8 N–H and O–H groups in total. The number of rotatable bonds is 29. The number of benzene rings is 1. The van der Waals surface area contributed by atoms with Crippen molar-refractivity contribution in [3.63, 3.8) is 0 Å². The maximum absolute atomic E-state index is 13.3. The predicted octanol–water partition coefficient (Wildman–Crippen LogP) is 1.19. The summed E-state index contributed by atoms with van der Waals surface area (Å²) in [4.78, 5) is 61.7. The molecule has 18 nitrogen and oxygen atoms in total. The number of ether oxygens (including phenoxy) is 6. The van der Waals surface area contributed by atoms with Gasteiger partial charge in [0.25, 0.3) is 0 Å². The SMILES string of the molecule is CC(C)[C@H](NC(=O)CCOCCOCCOCCOCCOCCNC(=O)OC(C)(C)C)C(=O)N[C@@H](CCCNC(N)=O)C(=O)Nc1ccc(CO)cc1. The van der Waals surface area contributed by atoms with Crippen LogP contribution in [0.1, 0.15) is 59.4 Å². The van der Waals surface area contributed by atoms with E-state index in [1.807, 2.05) is 0 Å². The van der Waals surface area contributed by atoms with E-state index in [0.717, 1.165) is 0 Å². The molecule has 54 heavy (non-hydrogen) atoms. The van der Waals surface area contributed by atoms with Crippen LogP contribution in [0.25, 0.3) is 0 Å². The summed E-state index contributed by atoms with van der Waals surface area (Å²) in [5.74, 6) is -1.69. The van der Waals surface area contributed by atoms with Gasteiger partial charge < -0.3 is 65.8 Å². The van der Waals surface area contributed by atoms with Crippen molar-refractivity contribution in [3.8, 4) is 0 Å². The molecule has 0 fully saturated rings. The van der Waals surface area contributed by atoms with Crippen molar-refractivity contribution in [2.24, 2.45) is 11.7 Å². The summed E-state index contributed by atoms with van der Waals surface area (Å²) < 4.78 is 32.4. The predicted molar refractivity (Wildman–Crippen MR) is 199 cm³/mol. The van der Waals surface area contributed by atoms with Gasteiger partial charge in [-0.1, -0.05) is 26.0 Å². The van der Waals surface area contributed by atoms with Crippen LogP contribution in [0.3, 0.4) is 0 Å². The largest absolute Gasteiger partial charge is 0.444 e. The molecule has 0 unspecified atom stereocenters. The van der Waals surface area contributed by atoms with Gasteiger partial charge in [-0.3, -0.25) is 14.4 Å². The lowest BCUT2D eigenvalue weighted by Crippen LogP contribution is -2.54. The van der Waals surface area contributed by atoms with Crippen molar-refractivity contribution in [1.82, 2.24) is 21.3 Å². The zero-order valence-electron chi connectivity index (χ0n) is 32.4. The van der Waals surface area contributed by atoms with Crippen LogP contribution in [0.2, 0.25) is 0 Å². The van der Waals surface area contributed by atoms with Crippen molar-refractivity contribution in [1.29, 1.82) is 0 Å². The number of alkyl carbamates (subject to hydrolysis) is 1. The Bertz CT molecular complexity index is 1230. The van der Waals surface area contributed by atoms with Gasteiger partial charge in [-0.25, -0.2) is 9.59 Å². The smallest absolute Gasteiger partial charge is 0.407 e. The lowest BCUT2D eigenvalue weighted by atomic mass is 10.0. The van der Waals surface area contributed by atoms with Crippen LogP contribution in [0.4, 0.5) is 15.3 Å². The molecule has 0 saturated heterocycles. The zero-order chi connectivity index (χ0) is 40.2. The molecule has 0 saturated carbocycles. The van der Waals surface area contributed by atoms with E-state index in [9.17, 15) is 29.1 Å². The Kier molecular flexibility index (Phi) is 25.2. The number of urea groups is 1. The lowest BCUT2D eigenvalue weighted by molar-refractivity contribution is -0.132. The van der Waals surface area contributed by atoms with Gasteiger partial charge in [0.2, 0.25) is 17.7 Å². The van der Waals surface area contributed by atoms with Crippen LogP contribution in [-0.4, -0.2) is 132 Å². The number of carbonyl (C=O) groups excluding carboxylic acids is 5. The number of amides is 6. The normalized spacial score (nSPS) is 12.4. The Labute approximate surface area is 318 Å². The first kappa shape index (κ1) is 48.0. The van der Waals surface area contributed by atoms with Gasteiger partial charge in [0.05, 0.1) is 72.7 Å². The molecule has 1 aromatic rings. The summed E-state index contributed by atoms with van der Waals surface area (Å²) in [5, 5.41) is 22.5. The molecule has 0 bridgehead atoms. The fourth-order valence-corrected chi connectivity index (χ4v) is 4.44. The number of anilines is 1. The minimum absolute atomic E-state index is 0.0140. The standard InChI is InChI=1S/C36H62N6O12/c1-26(2)31(33(46)41-29(7-6-13-38-34(37)47)32(45)40-28-10-8-27(25-43)9-11-28)42-30(44)12-15-49-17-19-51-21-23-53-24-22-52-20-18-50-16-14-39-35(48)54-36(3,4)5/h8-11,26,29,31,43H,6-7,12-25H2,1-5H3,(H,39,48)(H,40,45)(H,41,46)(H,42,44)(H3,37,38,47)/t29-,31-/m0/s1. The Morgan fingerprint density at radius 1 is 0.722 bits per heavy atom. The average molecular weight is 771 g/mol. The molecular weight excluding hydrogens is 708 g/mol. The number of hydrogen-bond donors (Lipinski definition) is 7. The number of nitrogens with two attached hydrogens (primary N) is 1. The molecule has 2 atom stereocenters. The van der Waals surface area contributed by atoms with E-state index in [1.54, 1.807) is 58.9 Å². The van der Waals surface area contributed by atoms with E-state index < -0.39 is 47.5 Å². The summed E-state index contributed by atoms with van der Waals surface area (Å²) >= 11 is 0. The van der Waals surface area contributed by atoms with Crippen molar-refractivity contribution >= 4 is 35.5 Å². The second-order valence-corrected chi connectivity index (χ2v) is 13.4. The van der Waals surface area contributed by atoms with E-state index in [2.05, 4.69) is 26.6 Å². The molecule has 1 aromatic carbocycles. The maximum atomic E-state index is 13.3. The maximum Gasteiger partial charge on any atom is 0.407 e. The minimum Gasteiger partial charge on any atom is -0.444 e. The van der Waals surface area contributed by atoms with Crippen LogP contribution in [0, 0.1) is 5.92 Å². The first-order chi connectivity index (χ1) is 25.7. The van der Waals surface area contributed by atoms with Crippen LogP contribution in [0.15, 0.2) is 24.3 Å². The number of aliphatic hydroxyl groups is 1. The molecule has 0 aliphatic heterocycles. The van der Waals surface area contributed by atoms with Gasteiger partial charge in [-0.15, -0.1) is 0 Å². The third-order valence-electron chi connectivity index (χ3n) is 7.15. The van der Waals surface area contributed by atoms with E-state index in [1.165, 1.54) is 0 Å². The van der Waals surface area contributed by atoms with Crippen LogP contribution < -0.4 is 32.3 Å². The molecule has 0 radical (unpaired) electrons. The van der Waals surface area contributed by atoms with Crippen molar-refractivity contribution < 1.29 is 57.5 Å². The Hall–Kier alpha value is -4.07. The second kappa shape index (κ2) is 28.4. The van der Waals surface area contributed by atoms with Crippen LogP contribution in [-0.2, 0) is 49.4 Å². The number of hydrogen-bond acceptors (Lipinski definition) is 12. The van der Waals surface area contributed by atoms with E-state index >= 15 is 0 Å². The van der Waals surface area contributed by atoms with Gasteiger partial charge in [-0.05, 0) is 57.2 Å². The first-order valence-corrected chi connectivity index (χ1v) is 18.2. The highest BCUT2D eigenvalue weighted by Gasteiger charge is 2.29. The molecule has 18 heteroatoms. The summed E-state index contributed by atoms with van der Waals surface area (Å²) in [6.45, 7) is 12.7. The number of aliphatic hydroxyl groups excluding tert-OH is 1. The second-order valence-electron chi connectivity index (χ2n) is 13.4. The summed E-state index contributed by atoms with van der Waals surface area (Å²) in [6.07, 6.45) is 0.0743. The Balaban J connectivity index is 2.24. The highest BCUT2D eigenvalue weighted by Crippen LogP contribution is 2.12. The average Bonchev–Trinajstić information content (AvgIpc) is 3.10. The molecule has 0 aromatic heterocycles. The number of nitrogens with one attached hydrogen (secondary N) is 5. The zero-order valence-corrected chi connectivity index (χ0v) is 32.4. The quantitative estimate of drug-likeness (QED) is 0.0568. The Morgan fingerprint density at radius 2 is 1.26 bits per heavy atom. The van der Waals surface area contributed by atoms with Gasteiger partial charge in [0.15, 0.2) is 0 Å². The molecule has 0 aliphatic carbocycles. The Morgan fingerprint density at radius 3 is 1.76 bits per heavy atom. The summed E-state index contributed by atoms with van der Waals surface area (Å²) in [6, 6.07) is 4.01. The highest BCUT2D eigenvalue weighted by molar-refractivity contribution is 5.98. The van der Waals surface area contributed by atoms with Gasteiger partial charge in [0.1, 0.15) is 17.7 Å². The molecule has 0 aliphatic rings. The molecular formula is C36H62N6O12. The summed E-state index contributed by atoms with van der Waals surface area (Å²) in [5.41, 5.74) is 5.73. The van der Waals surface area contributed by atoms with Crippen molar-refractivity contribution in [2.75, 3.05) is 84.5 Å². The molecule has 1 rings (SSSR count). The molecule has 0 heterocycles. The van der Waals surface area contributed by atoms with Gasteiger partial charge >= 0.3 is 12.1 Å². The number of carbonyl (C=O) groups is 5. The number of primary amides is 1. The minimum atomic E-state index is -0.969. The first-order valence-electron chi connectivity index (χ1n) is 18.2. The fraction of sp³-hybridized carbons (Fsp3) is 0.694. The highest BCUT2D eigenvalue weighted by atomic mass is 16.6. The third-order valence-corrected chi connectivity index (χ3v) is 7.15. The van der Waals surface area contributed by atoms with Crippen LogP contribution in [0.5, 0.6) is 0 Å². The van der Waals surface area contributed by atoms with Crippen LogP contribution >= 0.6 is 0 Å². The van der Waals surface area contributed by atoms with Gasteiger partial charge in [-0.2, -0.15) is 0 Å². The summed E-state index contributed by atoms with van der Waals surface area (Å²) in [7, 11) is 0. The molecule has 0 spiro atoms. The van der Waals surface area contributed by atoms with E-state index in [0.29, 0.717) is 77.1 Å². The lowest BCUT2D eigenvalue weighted by Gasteiger charge is -2.25. The van der Waals surface area contributed by atoms with Gasteiger partial charge in [0, 0.05) is 25.2 Å². The van der Waals surface area contributed by atoms with Crippen molar-refractivity contribution in [3.05, 3.63) is 29.8 Å². The fourth-order valence-electron chi connectivity index (χ4n) is 4.44. The van der Waals surface area contributed by atoms with E-state index in [4.69, 9.17) is 34.2 Å². The van der Waals surface area contributed by atoms with Crippen molar-refractivity contribution in [2.45, 2.75) is 78.2 Å². The monoisotopic (exact) mass is 770 g/mol. The topological polar surface area (TPSA) is 247 Å².